The normalized spacial score (nSPS) is 14.4. The number of fused-ring (bicyclic) bond motifs is 3. The van der Waals surface area contributed by atoms with Gasteiger partial charge < -0.3 is 20.3 Å². The number of aliphatic hydroxyl groups excluding tert-OH is 1. The predicted molar refractivity (Wildman–Crippen MR) is 104 cm³/mol. The van der Waals surface area contributed by atoms with E-state index in [9.17, 15) is 9.59 Å². The second kappa shape index (κ2) is 8.39. The summed E-state index contributed by atoms with van der Waals surface area (Å²) in [6, 6.07) is 6.86. The molecule has 3 rings (SSSR count). The summed E-state index contributed by atoms with van der Waals surface area (Å²) >= 11 is 0. The van der Waals surface area contributed by atoms with E-state index in [0.717, 1.165) is 11.0 Å². The van der Waals surface area contributed by atoms with Gasteiger partial charge in [-0.25, -0.2) is 9.78 Å². The van der Waals surface area contributed by atoms with E-state index in [0.29, 0.717) is 38.4 Å². The highest BCUT2D eigenvalue weighted by Gasteiger charge is 2.31. The topological polar surface area (TPSA) is 99.5 Å². The first-order valence-corrected chi connectivity index (χ1v) is 9.43. The van der Waals surface area contributed by atoms with Gasteiger partial charge in [0.15, 0.2) is 0 Å². The SMILES string of the molecule is CC(C)CC(NC(=O)N1CCn2c1nc1ccccc12)C(=O)NCCCO. The van der Waals surface area contributed by atoms with Crippen molar-refractivity contribution in [3.8, 4) is 0 Å². The number of anilines is 1. The molecule has 1 atom stereocenters. The molecule has 8 heteroatoms. The molecule has 146 valence electrons. The van der Waals surface area contributed by atoms with Gasteiger partial charge in [-0.15, -0.1) is 0 Å². The molecular formula is C19H27N5O3. The lowest BCUT2D eigenvalue weighted by molar-refractivity contribution is -0.123. The minimum Gasteiger partial charge on any atom is -0.396 e. The maximum Gasteiger partial charge on any atom is 0.324 e. The quantitative estimate of drug-likeness (QED) is 0.640. The molecule has 0 bridgehead atoms. The van der Waals surface area contributed by atoms with Crippen molar-refractivity contribution in [2.45, 2.75) is 39.3 Å². The smallest absolute Gasteiger partial charge is 0.324 e. The van der Waals surface area contributed by atoms with Crippen molar-refractivity contribution in [3.05, 3.63) is 24.3 Å². The molecule has 1 aromatic heterocycles. The van der Waals surface area contributed by atoms with E-state index in [-0.39, 0.29) is 24.5 Å². The Bertz CT molecular complexity index is 817. The molecule has 3 amide bonds. The summed E-state index contributed by atoms with van der Waals surface area (Å²) in [6.45, 7) is 5.63. The summed E-state index contributed by atoms with van der Waals surface area (Å²) in [4.78, 5) is 31.5. The maximum atomic E-state index is 12.9. The second-order valence-electron chi connectivity index (χ2n) is 7.20. The Morgan fingerprint density at radius 3 is 2.78 bits per heavy atom. The average molecular weight is 373 g/mol. The van der Waals surface area contributed by atoms with Crippen LogP contribution in [0.1, 0.15) is 26.7 Å². The van der Waals surface area contributed by atoms with Crippen molar-refractivity contribution in [2.24, 2.45) is 5.92 Å². The summed E-state index contributed by atoms with van der Waals surface area (Å²) in [5.74, 6) is 0.637. The van der Waals surface area contributed by atoms with Crippen LogP contribution < -0.4 is 15.5 Å². The van der Waals surface area contributed by atoms with E-state index in [2.05, 4.69) is 15.6 Å². The number of rotatable bonds is 7. The fourth-order valence-electron chi connectivity index (χ4n) is 3.33. The number of para-hydroxylation sites is 2. The van der Waals surface area contributed by atoms with Gasteiger partial charge in [-0.05, 0) is 30.9 Å². The van der Waals surface area contributed by atoms with E-state index < -0.39 is 6.04 Å². The van der Waals surface area contributed by atoms with Gasteiger partial charge in [0.1, 0.15) is 6.04 Å². The van der Waals surface area contributed by atoms with Gasteiger partial charge in [-0.3, -0.25) is 9.69 Å². The number of carbonyl (C=O) groups is 2. The molecule has 0 fully saturated rings. The summed E-state index contributed by atoms with van der Waals surface area (Å²) < 4.78 is 2.02. The van der Waals surface area contributed by atoms with Crippen LogP contribution in [-0.4, -0.2) is 52.3 Å². The maximum absolute atomic E-state index is 12.9. The van der Waals surface area contributed by atoms with Crippen LogP contribution in [0.3, 0.4) is 0 Å². The average Bonchev–Trinajstić information content (AvgIpc) is 3.19. The number of aromatic nitrogens is 2. The van der Waals surface area contributed by atoms with Crippen LogP contribution in [0.4, 0.5) is 10.7 Å². The molecule has 2 aromatic rings. The van der Waals surface area contributed by atoms with Gasteiger partial charge in [0, 0.05) is 26.2 Å². The van der Waals surface area contributed by atoms with Crippen LogP contribution in [0.15, 0.2) is 24.3 Å². The Balaban J connectivity index is 1.72. The molecule has 2 heterocycles. The number of nitrogens with zero attached hydrogens (tertiary/aromatic N) is 3. The molecule has 1 aliphatic heterocycles. The van der Waals surface area contributed by atoms with Crippen molar-refractivity contribution < 1.29 is 14.7 Å². The molecule has 0 spiro atoms. The van der Waals surface area contributed by atoms with Gasteiger partial charge in [-0.1, -0.05) is 26.0 Å². The van der Waals surface area contributed by atoms with Crippen molar-refractivity contribution >= 4 is 28.9 Å². The van der Waals surface area contributed by atoms with Crippen LogP contribution in [0.25, 0.3) is 11.0 Å². The first kappa shape index (κ1) is 19.2. The van der Waals surface area contributed by atoms with Crippen molar-refractivity contribution in [1.82, 2.24) is 20.2 Å². The molecule has 3 N–H and O–H groups in total. The third-order valence-electron chi connectivity index (χ3n) is 4.62. The summed E-state index contributed by atoms with van der Waals surface area (Å²) in [5, 5.41) is 14.5. The number of hydrogen-bond acceptors (Lipinski definition) is 4. The number of carbonyl (C=O) groups excluding carboxylic acids is 2. The number of benzene rings is 1. The lowest BCUT2D eigenvalue weighted by Crippen LogP contribution is -2.51. The molecule has 1 aliphatic rings. The summed E-state index contributed by atoms with van der Waals surface area (Å²) in [7, 11) is 0. The fraction of sp³-hybridized carbons (Fsp3) is 0.526. The minimum absolute atomic E-state index is 0.0193. The zero-order valence-electron chi connectivity index (χ0n) is 15.8. The molecule has 27 heavy (non-hydrogen) atoms. The van der Waals surface area contributed by atoms with Crippen LogP contribution in [0, 0.1) is 5.92 Å². The Morgan fingerprint density at radius 1 is 1.26 bits per heavy atom. The highest BCUT2D eigenvalue weighted by atomic mass is 16.3. The van der Waals surface area contributed by atoms with Crippen LogP contribution in [-0.2, 0) is 11.3 Å². The highest BCUT2D eigenvalue weighted by molar-refractivity contribution is 5.96. The molecular weight excluding hydrogens is 346 g/mol. The van der Waals surface area contributed by atoms with Gasteiger partial charge in [0.2, 0.25) is 11.9 Å². The second-order valence-corrected chi connectivity index (χ2v) is 7.20. The number of urea groups is 1. The van der Waals surface area contributed by atoms with Crippen molar-refractivity contribution in [2.75, 3.05) is 24.6 Å². The lowest BCUT2D eigenvalue weighted by atomic mass is 10.0. The van der Waals surface area contributed by atoms with E-state index in [1.54, 1.807) is 4.90 Å². The first-order chi connectivity index (χ1) is 13.0. The third-order valence-corrected chi connectivity index (χ3v) is 4.62. The van der Waals surface area contributed by atoms with Crippen LogP contribution >= 0.6 is 0 Å². The zero-order valence-corrected chi connectivity index (χ0v) is 15.8. The van der Waals surface area contributed by atoms with E-state index in [4.69, 9.17) is 5.11 Å². The Morgan fingerprint density at radius 2 is 2.04 bits per heavy atom. The number of nitrogens with one attached hydrogen (secondary N) is 2. The predicted octanol–water partition coefficient (Wildman–Crippen LogP) is 1.48. The summed E-state index contributed by atoms with van der Waals surface area (Å²) in [6.07, 6.45) is 1.03. The Labute approximate surface area is 158 Å². The largest absolute Gasteiger partial charge is 0.396 e. The standard InChI is InChI=1S/C19H27N5O3/c1-13(2)12-15(17(26)20-8-5-11-25)22-19(27)24-10-9-23-16-7-4-3-6-14(16)21-18(23)24/h3-4,6-7,13,15,25H,5,8-12H2,1-2H3,(H,20,26)(H,22,27). The Hall–Kier alpha value is -2.61. The molecule has 1 unspecified atom stereocenters. The molecule has 1 aromatic carbocycles. The summed E-state index contributed by atoms with van der Waals surface area (Å²) in [5.41, 5.74) is 1.86. The highest BCUT2D eigenvalue weighted by Crippen LogP contribution is 2.27. The monoisotopic (exact) mass is 373 g/mol. The number of aliphatic hydroxyl groups is 1. The van der Waals surface area contributed by atoms with E-state index >= 15 is 0 Å². The Kier molecular flexibility index (Phi) is 5.95. The minimum atomic E-state index is -0.616. The van der Waals surface area contributed by atoms with E-state index in [1.165, 1.54) is 0 Å². The number of hydrogen-bond donors (Lipinski definition) is 3. The van der Waals surface area contributed by atoms with Crippen LogP contribution in [0.5, 0.6) is 0 Å². The van der Waals surface area contributed by atoms with Crippen LogP contribution in [0.2, 0.25) is 0 Å². The number of amides is 3. The first-order valence-electron chi connectivity index (χ1n) is 9.43. The zero-order chi connectivity index (χ0) is 19.4. The van der Waals surface area contributed by atoms with Gasteiger partial charge >= 0.3 is 6.03 Å². The number of imidazole rings is 1. The third kappa shape index (κ3) is 4.21. The van der Waals surface area contributed by atoms with E-state index in [1.807, 2.05) is 42.7 Å². The molecule has 8 nitrogen and oxygen atoms in total. The molecule has 0 saturated carbocycles. The molecule has 0 radical (unpaired) electrons. The van der Waals surface area contributed by atoms with Crippen molar-refractivity contribution in [1.29, 1.82) is 0 Å². The lowest BCUT2D eigenvalue weighted by Gasteiger charge is -2.23. The molecule has 0 saturated heterocycles. The van der Waals surface area contributed by atoms with Crippen molar-refractivity contribution in [3.63, 3.8) is 0 Å². The molecule has 0 aliphatic carbocycles. The van der Waals surface area contributed by atoms with Gasteiger partial charge in [-0.2, -0.15) is 0 Å². The fourth-order valence-corrected chi connectivity index (χ4v) is 3.33. The van der Waals surface area contributed by atoms with Gasteiger partial charge in [0.05, 0.1) is 11.0 Å². The van der Waals surface area contributed by atoms with Gasteiger partial charge in [0.25, 0.3) is 0 Å².